The lowest BCUT2D eigenvalue weighted by Gasteiger charge is -2.23. The first kappa shape index (κ1) is 13.7. The Morgan fingerprint density at radius 3 is 2.40 bits per heavy atom. The van der Waals surface area contributed by atoms with E-state index in [0.717, 1.165) is 23.2 Å². The molecule has 2 aromatic rings. The largest absolute Gasteiger partial charge is 0.398 e. The fraction of sp³-hybridized carbons (Fsp3) is 0.294. The van der Waals surface area contributed by atoms with E-state index in [4.69, 9.17) is 5.73 Å². The van der Waals surface area contributed by atoms with E-state index in [-0.39, 0.29) is 0 Å². The Labute approximate surface area is 128 Å². The first-order chi connectivity index (χ1) is 9.74. The van der Waals surface area contributed by atoms with Gasteiger partial charge in [0.25, 0.3) is 0 Å². The molecule has 1 aliphatic rings. The zero-order chi connectivity index (χ0) is 13.9. The smallest absolute Gasteiger partial charge is 0.0371 e. The van der Waals surface area contributed by atoms with Crippen LogP contribution in [0.15, 0.2) is 53.0 Å². The molecule has 1 fully saturated rings. The molecule has 20 heavy (non-hydrogen) atoms. The third kappa shape index (κ3) is 3.22. The summed E-state index contributed by atoms with van der Waals surface area (Å²) in [6.07, 6.45) is 2.61. The Balaban J connectivity index is 1.78. The van der Waals surface area contributed by atoms with Crippen LogP contribution in [0.25, 0.3) is 0 Å². The molecule has 0 atom stereocenters. The third-order valence-corrected chi connectivity index (χ3v) is 4.55. The lowest BCUT2D eigenvalue weighted by Crippen LogP contribution is -2.25. The maximum Gasteiger partial charge on any atom is 0.0371 e. The van der Waals surface area contributed by atoms with Crippen LogP contribution < -0.4 is 5.73 Å². The molecular weight excluding hydrogens is 312 g/mol. The van der Waals surface area contributed by atoms with Crippen molar-refractivity contribution in [1.82, 2.24) is 4.90 Å². The van der Waals surface area contributed by atoms with Crippen LogP contribution in [0.4, 0.5) is 5.69 Å². The van der Waals surface area contributed by atoms with Gasteiger partial charge < -0.3 is 5.73 Å². The van der Waals surface area contributed by atoms with Crippen LogP contribution in [0.1, 0.15) is 24.0 Å². The molecule has 0 heterocycles. The van der Waals surface area contributed by atoms with Gasteiger partial charge in [-0.2, -0.15) is 0 Å². The topological polar surface area (TPSA) is 29.3 Å². The summed E-state index contributed by atoms with van der Waals surface area (Å²) in [6.45, 7) is 1.90. The summed E-state index contributed by atoms with van der Waals surface area (Å²) >= 11 is 3.62. The summed E-state index contributed by atoms with van der Waals surface area (Å²) in [5.41, 5.74) is 9.57. The van der Waals surface area contributed by atoms with Crippen LogP contribution >= 0.6 is 15.9 Å². The van der Waals surface area contributed by atoms with Crippen LogP contribution in [0.5, 0.6) is 0 Å². The molecule has 0 radical (unpaired) electrons. The number of benzene rings is 2. The number of halogens is 1. The van der Waals surface area contributed by atoms with Gasteiger partial charge >= 0.3 is 0 Å². The lowest BCUT2D eigenvalue weighted by atomic mass is 10.1. The summed E-state index contributed by atoms with van der Waals surface area (Å²) in [4.78, 5) is 2.53. The molecule has 0 saturated heterocycles. The van der Waals surface area contributed by atoms with E-state index >= 15 is 0 Å². The van der Waals surface area contributed by atoms with Gasteiger partial charge in [0.2, 0.25) is 0 Å². The summed E-state index contributed by atoms with van der Waals surface area (Å²) in [7, 11) is 0. The summed E-state index contributed by atoms with van der Waals surface area (Å²) in [5, 5.41) is 0. The van der Waals surface area contributed by atoms with Crippen molar-refractivity contribution in [3.63, 3.8) is 0 Å². The monoisotopic (exact) mass is 330 g/mol. The average molecular weight is 331 g/mol. The zero-order valence-corrected chi connectivity index (χ0v) is 13.0. The lowest BCUT2D eigenvalue weighted by molar-refractivity contribution is 0.246. The molecule has 0 bridgehead atoms. The molecule has 1 aliphatic carbocycles. The minimum Gasteiger partial charge on any atom is -0.398 e. The minimum atomic E-state index is 0.710. The van der Waals surface area contributed by atoms with Crippen LogP contribution in [-0.2, 0) is 13.1 Å². The molecular formula is C17H19BrN2. The Morgan fingerprint density at radius 2 is 1.75 bits per heavy atom. The van der Waals surface area contributed by atoms with Gasteiger partial charge in [-0.05, 0) is 30.5 Å². The number of hydrogen-bond donors (Lipinski definition) is 1. The number of nitrogens with two attached hydrogens (primary N) is 1. The van der Waals surface area contributed by atoms with Crippen molar-refractivity contribution in [3.05, 3.63) is 64.1 Å². The second kappa shape index (κ2) is 5.98. The number of hydrogen-bond acceptors (Lipinski definition) is 2. The van der Waals surface area contributed by atoms with Gasteiger partial charge in [-0.1, -0.05) is 52.3 Å². The molecule has 0 aliphatic heterocycles. The van der Waals surface area contributed by atoms with Crippen LogP contribution in [-0.4, -0.2) is 10.9 Å². The van der Waals surface area contributed by atoms with Crippen molar-refractivity contribution in [2.24, 2.45) is 0 Å². The second-order valence-electron chi connectivity index (χ2n) is 5.43. The molecule has 3 heteroatoms. The summed E-state index contributed by atoms with van der Waals surface area (Å²) < 4.78 is 1.11. The van der Waals surface area contributed by atoms with E-state index in [1.54, 1.807) is 0 Å². The van der Waals surface area contributed by atoms with Crippen molar-refractivity contribution in [2.75, 3.05) is 5.73 Å². The minimum absolute atomic E-state index is 0.710. The van der Waals surface area contributed by atoms with Crippen LogP contribution in [0, 0.1) is 0 Å². The van der Waals surface area contributed by atoms with Gasteiger partial charge in [0.1, 0.15) is 0 Å². The van der Waals surface area contributed by atoms with Gasteiger partial charge in [0.05, 0.1) is 0 Å². The van der Waals surface area contributed by atoms with Crippen molar-refractivity contribution in [3.8, 4) is 0 Å². The molecule has 2 nitrogen and oxygen atoms in total. The Morgan fingerprint density at radius 1 is 1.00 bits per heavy atom. The predicted molar refractivity (Wildman–Crippen MR) is 87.3 cm³/mol. The maximum atomic E-state index is 6.13. The van der Waals surface area contributed by atoms with Gasteiger partial charge in [0, 0.05) is 34.9 Å². The van der Waals surface area contributed by atoms with E-state index in [2.05, 4.69) is 57.2 Å². The van der Waals surface area contributed by atoms with Gasteiger partial charge in [-0.25, -0.2) is 0 Å². The quantitative estimate of drug-likeness (QED) is 0.832. The number of anilines is 1. The van der Waals surface area contributed by atoms with Crippen molar-refractivity contribution in [1.29, 1.82) is 0 Å². The highest BCUT2D eigenvalue weighted by molar-refractivity contribution is 9.10. The Kier molecular flexibility index (Phi) is 4.08. The van der Waals surface area contributed by atoms with E-state index in [9.17, 15) is 0 Å². The van der Waals surface area contributed by atoms with Crippen molar-refractivity contribution >= 4 is 21.6 Å². The Hall–Kier alpha value is -1.32. The van der Waals surface area contributed by atoms with Crippen LogP contribution in [0.3, 0.4) is 0 Å². The van der Waals surface area contributed by atoms with Gasteiger partial charge in [-0.3, -0.25) is 4.90 Å². The molecule has 0 amide bonds. The normalized spacial score (nSPS) is 14.7. The summed E-state index contributed by atoms with van der Waals surface area (Å²) in [6, 6.07) is 17.4. The maximum absolute atomic E-state index is 6.13. The molecule has 0 aromatic heterocycles. The van der Waals surface area contributed by atoms with Gasteiger partial charge in [0.15, 0.2) is 0 Å². The van der Waals surface area contributed by atoms with E-state index in [0.29, 0.717) is 6.04 Å². The molecule has 0 spiro atoms. The van der Waals surface area contributed by atoms with Gasteiger partial charge in [-0.15, -0.1) is 0 Å². The van der Waals surface area contributed by atoms with Crippen molar-refractivity contribution < 1.29 is 0 Å². The van der Waals surface area contributed by atoms with E-state index in [1.807, 2.05) is 12.1 Å². The molecule has 3 rings (SSSR count). The van der Waals surface area contributed by atoms with E-state index < -0.39 is 0 Å². The highest BCUT2D eigenvalue weighted by atomic mass is 79.9. The molecule has 2 aromatic carbocycles. The fourth-order valence-corrected chi connectivity index (χ4v) is 3.02. The third-order valence-electron chi connectivity index (χ3n) is 3.81. The number of nitrogen functional groups attached to an aromatic ring is 1. The van der Waals surface area contributed by atoms with E-state index in [1.165, 1.54) is 24.0 Å². The summed E-state index contributed by atoms with van der Waals surface area (Å²) in [5.74, 6) is 0. The predicted octanol–water partition coefficient (Wildman–Crippen LogP) is 4.20. The standard InChI is InChI=1S/C17H19BrN2/c18-16-7-4-8-17(19)15(16)12-20(14-9-10-14)11-13-5-2-1-3-6-13/h1-8,14H,9-12,19H2. The first-order valence-corrected chi connectivity index (χ1v) is 7.84. The first-order valence-electron chi connectivity index (χ1n) is 7.05. The highest BCUT2D eigenvalue weighted by Gasteiger charge is 2.29. The zero-order valence-electron chi connectivity index (χ0n) is 11.4. The fourth-order valence-electron chi connectivity index (χ4n) is 2.52. The molecule has 104 valence electrons. The molecule has 1 saturated carbocycles. The van der Waals surface area contributed by atoms with Crippen molar-refractivity contribution in [2.45, 2.75) is 32.0 Å². The average Bonchev–Trinajstić information content (AvgIpc) is 3.27. The second-order valence-corrected chi connectivity index (χ2v) is 6.28. The molecule has 0 unspecified atom stereocenters. The SMILES string of the molecule is Nc1cccc(Br)c1CN(Cc1ccccc1)C1CC1. The van der Waals surface area contributed by atoms with Crippen LogP contribution in [0.2, 0.25) is 0 Å². The number of rotatable bonds is 5. The Bertz CT molecular complexity index is 559. The molecule has 2 N–H and O–H groups in total. The highest BCUT2D eigenvalue weighted by Crippen LogP contribution is 2.32. The number of nitrogens with zero attached hydrogens (tertiary/aromatic N) is 1.